The minimum Gasteiger partial charge on any atom is -0.465 e. The van der Waals surface area contributed by atoms with E-state index in [1.54, 1.807) is 0 Å². The number of furan rings is 1. The van der Waals surface area contributed by atoms with E-state index < -0.39 is 9.84 Å². The molecule has 0 bridgehead atoms. The number of rotatable bonds is 5. The maximum atomic E-state index is 10.9. The van der Waals surface area contributed by atoms with Gasteiger partial charge >= 0.3 is 0 Å². The van der Waals surface area contributed by atoms with Gasteiger partial charge < -0.3 is 9.73 Å². The molecule has 15 heavy (non-hydrogen) atoms. The van der Waals surface area contributed by atoms with Gasteiger partial charge in [0.1, 0.15) is 21.4 Å². The van der Waals surface area contributed by atoms with E-state index in [2.05, 4.69) is 5.32 Å². The zero-order chi connectivity index (χ0) is 11.5. The zero-order valence-corrected chi connectivity index (χ0v) is 10.1. The molecule has 0 aromatic carbocycles. The molecule has 1 heterocycles. The molecule has 0 saturated carbocycles. The minimum absolute atomic E-state index is 0.0421. The van der Waals surface area contributed by atoms with Gasteiger partial charge in [-0.05, 0) is 26.0 Å². The number of hydrogen-bond donors (Lipinski definition) is 1. The molecule has 0 radical (unpaired) electrons. The normalized spacial score (nSPS) is 14.1. The molecule has 1 unspecified atom stereocenters. The molecule has 1 aromatic rings. The molecule has 1 aromatic heterocycles. The molecule has 0 aliphatic heterocycles. The van der Waals surface area contributed by atoms with Crippen LogP contribution in [0.25, 0.3) is 0 Å². The lowest BCUT2D eigenvalue weighted by molar-refractivity contribution is 0.421. The Hall–Kier alpha value is -0.810. The Kier molecular flexibility index (Phi) is 3.93. The van der Waals surface area contributed by atoms with Crippen LogP contribution in [0.2, 0.25) is 0 Å². The van der Waals surface area contributed by atoms with Crippen molar-refractivity contribution in [3.63, 3.8) is 0 Å². The Labute approximate surface area is 90.6 Å². The fourth-order valence-corrected chi connectivity index (χ4v) is 1.74. The smallest absolute Gasteiger partial charge is 0.148 e. The van der Waals surface area contributed by atoms with E-state index >= 15 is 0 Å². The number of sulfone groups is 1. The van der Waals surface area contributed by atoms with Gasteiger partial charge in [0, 0.05) is 12.8 Å². The van der Waals surface area contributed by atoms with E-state index in [-0.39, 0.29) is 11.8 Å². The highest BCUT2D eigenvalue weighted by Crippen LogP contribution is 2.14. The molecule has 1 atom stereocenters. The summed E-state index contributed by atoms with van der Waals surface area (Å²) in [5, 5.41) is 3.10. The summed E-state index contributed by atoms with van der Waals surface area (Å²) in [5.74, 6) is 1.85. The lowest BCUT2D eigenvalue weighted by Gasteiger charge is -2.10. The SMILES string of the molecule is Cc1ccc(C(C)NCCS(C)(=O)=O)o1. The minimum atomic E-state index is -2.89. The second-order valence-electron chi connectivity index (χ2n) is 3.75. The van der Waals surface area contributed by atoms with Crippen molar-refractivity contribution in [2.45, 2.75) is 19.9 Å². The Morgan fingerprint density at radius 1 is 1.47 bits per heavy atom. The first kappa shape index (κ1) is 12.3. The van der Waals surface area contributed by atoms with Crippen LogP contribution in [0, 0.1) is 6.92 Å². The Morgan fingerprint density at radius 3 is 2.60 bits per heavy atom. The van der Waals surface area contributed by atoms with Crippen LogP contribution in [-0.4, -0.2) is 27.0 Å². The van der Waals surface area contributed by atoms with Gasteiger partial charge in [-0.3, -0.25) is 0 Å². The highest BCUT2D eigenvalue weighted by atomic mass is 32.2. The van der Waals surface area contributed by atoms with Crippen molar-refractivity contribution in [1.82, 2.24) is 5.32 Å². The second-order valence-corrected chi connectivity index (χ2v) is 6.01. The van der Waals surface area contributed by atoms with E-state index in [9.17, 15) is 8.42 Å². The molecular weight excluding hydrogens is 214 g/mol. The van der Waals surface area contributed by atoms with Crippen LogP contribution >= 0.6 is 0 Å². The molecule has 0 spiro atoms. The quantitative estimate of drug-likeness (QED) is 0.829. The standard InChI is InChI=1S/C10H17NO3S/c1-8-4-5-10(14-8)9(2)11-6-7-15(3,12)13/h4-5,9,11H,6-7H2,1-3H3. The largest absolute Gasteiger partial charge is 0.465 e. The van der Waals surface area contributed by atoms with Crippen molar-refractivity contribution in [2.24, 2.45) is 0 Å². The Morgan fingerprint density at radius 2 is 2.13 bits per heavy atom. The topological polar surface area (TPSA) is 59.3 Å². The fraction of sp³-hybridized carbons (Fsp3) is 0.600. The van der Waals surface area contributed by atoms with Gasteiger partial charge in [0.15, 0.2) is 0 Å². The third-order valence-electron chi connectivity index (χ3n) is 2.11. The fourth-order valence-electron chi connectivity index (χ4n) is 1.25. The van der Waals surface area contributed by atoms with Crippen LogP contribution in [0.15, 0.2) is 16.5 Å². The van der Waals surface area contributed by atoms with Crippen molar-refractivity contribution >= 4 is 9.84 Å². The number of nitrogens with one attached hydrogen (secondary N) is 1. The van der Waals surface area contributed by atoms with Gasteiger partial charge in [-0.1, -0.05) is 0 Å². The Balaban J connectivity index is 2.40. The summed E-state index contributed by atoms with van der Waals surface area (Å²) in [5.41, 5.74) is 0. The highest BCUT2D eigenvalue weighted by molar-refractivity contribution is 7.90. The highest BCUT2D eigenvalue weighted by Gasteiger charge is 2.09. The summed E-state index contributed by atoms with van der Waals surface area (Å²) < 4.78 is 27.2. The molecule has 0 amide bonds. The van der Waals surface area contributed by atoms with Crippen molar-refractivity contribution in [3.8, 4) is 0 Å². The maximum Gasteiger partial charge on any atom is 0.148 e. The van der Waals surface area contributed by atoms with Crippen molar-refractivity contribution < 1.29 is 12.8 Å². The van der Waals surface area contributed by atoms with Crippen LogP contribution in [0.5, 0.6) is 0 Å². The summed E-state index contributed by atoms with van der Waals surface area (Å²) in [4.78, 5) is 0. The predicted octanol–water partition coefficient (Wildman–Crippen LogP) is 1.28. The summed E-state index contributed by atoms with van der Waals surface area (Å²) in [6.45, 7) is 4.27. The monoisotopic (exact) mass is 231 g/mol. The zero-order valence-electron chi connectivity index (χ0n) is 9.28. The second kappa shape index (κ2) is 4.81. The van der Waals surface area contributed by atoms with Gasteiger partial charge in [-0.25, -0.2) is 8.42 Å². The van der Waals surface area contributed by atoms with Gasteiger partial charge in [0.05, 0.1) is 11.8 Å². The molecule has 0 fully saturated rings. The average molecular weight is 231 g/mol. The molecular formula is C10H17NO3S. The molecule has 1 rings (SSSR count). The first-order valence-electron chi connectivity index (χ1n) is 4.86. The number of hydrogen-bond acceptors (Lipinski definition) is 4. The van der Waals surface area contributed by atoms with E-state index in [1.807, 2.05) is 26.0 Å². The summed E-state index contributed by atoms with van der Waals surface area (Å²) in [6, 6.07) is 3.83. The summed E-state index contributed by atoms with van der Waals surface area (Å²) in [7, 11) is -2.89. The third kappa shape index (κ3) is 4.48. The van der Waals surface area contributed by atoms with E-state index in [1.165, 1.54) is 6.26 Å². The van der Waals surface area contributed by atoms with Crippen LogP contribution < -0.4 is 5.32 Å². The van der Waals surface area contributed by atoms with Gasteiger partial charge in [-0.15, -0.1) is 0 Å². The van der Waals surface area contributed by atoms with Gasteiger partial charge in [-0.2, -0.15) is 0 Å². The van der Waals surface area contributed by atoms with Crippen LogP contribution in [0.4, 0.5) is 0 Å². The van der Waals surface area contributed by atoms with Crippen molar-refractivity contribution in [3.05, 3.63) is 23.7 Å². The molecule has 5 heteroatoms. The van der Waals surface area contributed by atoms with E-state index in [0.29, 0.717) is 6.54 Å². The first-order valence-corrected chi connectivity index (χ1v) is 6.92. The van der Waals surface area contributed by atoms with Gasteiger partial charge in [0.25, 0.3) is 0 Å². The molecule has 0 saturated heterocycles. The van der Waals surface area contributed by atoms with Gasteiger partial charge in [0.2, 0.25) is 0 Å². The maximum absolute atomic E-state index is 10.9. The van der Waals surface area contributed by atoms with Crippen molar-refractivity contribution in [1.29, 1.82) is 0 Å². The number of aryl methyl sites for hydroxylation is 1. The van der Waals surface area contributed by atoms with Crippen LogP contribution in [0.3, 0.4) is 0 Å². The molecule has 0 aliphatic carbocycles. The summed E-state index contributed by atoms with van der Waals surface area (Å²) in [6.07, 6.45) is 1.23. The lowest BCUT2D eigenvalue weighted by atomic mass is 10.2. The predicted molar refractivity (Wildman–Crippen MR) is 59.6 cm³/mol. The van der Waals surface area contributed by atoms with E-state index in [0.717, 1.165) is 11.5 Å². The van der Waals surface area contributed by atoms with Crippen LogP contribution in [0.1, 0.15) is 24.5 Å². The first-order chi connectivity index (χ1) is 6.88. The molecule has 0 aliphatic rings. The third-order valence-corrected chi connectivity index (χ3v) is 3.06. The molecule has 4 nitrogen and oxygen atoms in total. The molecule has 86 valence electrons. The van der Waals surface area contributed by atoms with Crippen molar-refractivity contribution in [2.75, 3.05) is 18.6 Å². The summed E-state index contributed by atoms with van der Waals surface area (Å²) >= 11 is 0. The Bertz CT molecular complexity index is 408. The average Bonchev–Trinajstić information content (AvgIpc) is 2.49. The van der Waals surface area contributed by atoms with E-state index in [4.69, 9.17) is 4.42 Å². The van der Waals surface area contributed by atoms with Crippen LogP contribution in [-0.2, 0) is 9.84 Å². The molecule has 1 N–H and O–H groups in total. The lowest BCUT2D eigenvalue weighted by Crippen LogP contribution is -2.24.